The van der Waals surface area contributed by atoms with Crippen LogP contribution in [0.1, 0.15) is 46.5 Å². The Bertz CT molecular complexity index is 412. The first-order chi connectivity index (χ1) is 9.67. The van der Waals surface area contributed by atoms with E-state index in [0.29, 0.717) is 26.1 Å². The topological polar surface area (TPSA) is 94.1 Å². The molecule has 0 bridgehead atoms. The molecule has 1 heterocycles. The first-order valence-corrected chi connectivity index (χ1v) is 7.19. The zero-order chi connectivity index (χ0) is 15.7. The van der Waals surface area contributed by atoms with Crippen LogP contribution in [0.4, 0.5) is 4.79 Å². The van der Waals surface area contributed by atoms with Crippen molar-refractivity contribution in [1.82, 2.24) is 5.32 Å². The lowest BCUT2D eigenvalue weighted by molar-refractivity contribution is -0.190. The molecular formula is C14H23NO6. The smallest absolute Gasteiger partial charge is 0.408 e. The SMILES string of the molecule is CC(C)(C)OC(=O)NC1(C(=O)O)CCC2(CC1)OCCO2. The lowest BCUT2D eigenvalue weighted by atomic mass is 9.78. The molecule has 1 saturated heterocycles. The van der Waals surface area contributed by atoms with E-state index in [2.05, 4.69) is 5.32 Å². The van der Waals surface area contributed by atoms with Gasteiger partial charge in [-0.05, 0) is 33.6 Å². The molecule has 1 amide bonds. The Balaban J connectivity index is 2.02. The number of carboxylic acids is 1. The number of rotatable bonds is 2. The lowest BCUT2D eigenvalue weighted by Gasteiger charge is -2.41. The Morgan fingerprint density at radius 1 is 1.10 bits per heavy atom. The lowest BCUT2D eigenvalue weighted by Crippen LogP contribution is -2.59. The van der Waals surface area contributed by atoms with E-state index in [4.69, 9.17) is 14.2 Å². The molecule has 1 aliphatic carbocycles. The van der Waals surface area contributed by atoms with E-state index in [0.717, 1.165) is 0 Å². The largest absolute Gasteiger partial charge is 0.480 e. The summed E-state index contributed by atoms with van der Waals surface area (Å²) in [6.45, 7) is 6.25. The van der Waals surface area contributed by atoms with Gasteiger partial charge in [0.15, 0.2) is 5.79 Å². The summed E-state index contributed by atoms with van der Waals surface area (Å²) in [6, 6.07) is 0. The minimum Gasteiger partial charge on any atom is -0.480 e. The maximum absolute atomic E-state index is 11.9. The van der Waals surface area contributed by atoms with Crippen molar-refractivity contribution < 1.29 is 28.9 Å². The molecule has 2 aliphatic rings. The standard InChI is InChI=1S/C14H23NO6/c1-12(2,3)21-11(18)15-13(10(16)17)4-6-14(7-5-13)19-8-9-20-14/h4-9H2,1-3H3,(H,15,18)(H,16,17). The van der Waals surface area contributed by atoms with Crippen LogP contribution in [0, 0.1) is 0 Å². The summed E-state index contributed by atoms with van der Waals surface area (Å²) in [7, 11) is 0. The van der Waals surface area contributed by atoms with E-state index < -0.39 is 29.0 Å². The third kappa shape index (κ3) is 3.65. The van der Waals surface area contributed by atoms with E-state index in [-0.39, 0.29) is 12.8 Å². The Hall–Kier alpha value is -1.34. The second-order valence-electron chi connectivity index (χ2n) is 6.62. The molecule has 7 heteroatoms. The second-order valence-corrected chi connectivity index (χ2v) is 6.62. The molecule has 0 unspecified atom stereocenters. The highest BCUT2D eigenvalue weighted by Crippen LogP contribution is 2.40. The van der Waals surface area contributed by atoms with Crippen molar-refractivity contribution >= 4 is 12.1 Å². The molecule has 2 rings (SSSR count). The Labute approximate surface area is 123 Å². The van der Waals surface area contributed by atoms with Crippen LogP contribution in [-0.4, -0.2) is 47.3 Å². The molecule has 2 N–H and O–H groups in total. The van der Waals surface area contributed by atoms with Gasteiger partial charge in [0.2, 0.25) is 0 Å². The molecule has 120 valence electrons. The van der Waals surface area contributed by atoms with Crippen LogP contribution in [-0.2, 0) is 19.0 Å². The normalized spacial score (nSPS) is 23.8. The van der Waals surface area contributed by atoms with Crippen LogP contribution in [0.15, 0.2) is 0 Å². The molecule has 0 atom stereocenters. The van der Waals surface area contributed by atoms with Gasteiger partial charge in [0.25, 0.3) is 0 Å². The molecule has 2 fully saturated rings. The number of hydrogen-bond donors (Lipinski definition) is 2. The van der Waals surface area contributed by atoms with Crippen LogP contribution < -0.4 is 5.32 Å². The zero-order valence-corrected chi connectivity index (χ0v) is 12.7. The van der Waals surface area contributed by atoms with Gasteiger partial charge in [0, 0.05) is 12.8 Å². The Morgan fingerprint density at radius 3 is 2.05 bits per heavy atom. The third-order valence-corrected chi connectivity index (χ3v) is 3.83. The van der Waals surface area contributed by atoms with E-state index in [1.165, 1.54) is 0 Å². The van der Waals surface area contributed by atoms with Gasteiger partial charge in [-0.2, -0.15) is 0 Å². The predicted molar refractivity (Wildman–Crippen MR) is 72.8 cm³/mol. The van der Waals surface area contributed by atoms with Crippen molar-refractivity contribution in [3.63, 3.8) is 0 Å². The highest BCUT2D eigenvalue weighted by Gasteiger charge is 2.51. The van der Waals surface area contributed by atoms with E-state index in [1.807, 2.05) is 0 Å². The molecular weight excluding hydrogens is 278 g/mol. The summed E-state index contributed by atoms with van der Waals surface area (Å²) in [5.41, 5.74) is -1.99. The van der Waals surface area contributed by atoms with Crippen LogP contribution >= 0.6 is 0 Å². The van der Waals surface area contributed by atoms with Crippen molar-refractivity contribution in [2.45, 2.75) is 63.4 Å². The molecule has 1 saturated carbocycles. The van der Waals surface area contributed by atoms with Crippen molar-refractivity contribution in [1.29, 1.82) is 0 Å². The highest BCUT2D eigenvalue weighted by molar-refractivity contribution is 5.84. The predicted octanol–water partition coefficient (Wildman–Crippen LogP) is 1.65. The van der Waals surface area contributed by atoms with Crippen LogP contribution in [0.2, 0.25) is 0 Å². The summed E-state index contributed by atoms with van der Waals surface area (Å²) in [5, 5.41) is 12.0. The van der Waals surface area contributed by atoms with Gasteiger partial charge in [-0.1, -0.05) is 0 Å². The maximum atomic E-state index is 11.9. The minimum atomic E-state index is -1.32. The number of carboxylic acid groups (broad SMARTS) is 1. The van der Waals surface area contributed by atoms with Crippen molar-refractivity contribution in [2.24, 2.45) is 0 Å². The molecule has 0 aromatic heterocycles. The molecule has 0 radical (unpaired) electrons. The number of ether oxygens (including phenoxy) is 3. The van der Waals surface area contributed by atoms with E-state index >= 15 is 0 Å². The quantitative estimate of drug-likeness (QED) is 0.805. The fraction of sp³-hybridized carbons (Fsp3) is 0.857. The summed E-state index contributed by atoms with van der Waals surface area (Å²) in [4.78, 5) is 23.5. The summed E-state index contributed by atoms with van der Waals surface area (Å²) in [6.07, 6.45) is 0.669. The number of alkyl carbamates (subject to hydrolysis) is 1. The minimum absolute atomic E-state index is 0.252. The monoisotopic (exact) mass is 301 g/mol. The number of nitrogens with one attached hydrogen (secondary N) is 1. The number of aliphatic carboxylic acids is 1. The molecule has 21 heavy (non-hydrogen) atoms. The van der Waals surface area contributed by atoms with Gasteiger partial charge in [-0.15, -0.1) is 0 Å². The Kier molecular flexibility index (Phi) is 4.17. The van der Waals surface area contributed by atoms with Gasteiger partial charge >= 0.3 is 12.1 Å². The molecule has 0 aromatic rings. The first kappa shape index (κ1) is 16.0. The van der Waals surface area contributed by atoms with Gasteiger partial charge in [0.05, 0.1) is 13.2 Å². The summed E-state index contributed by atoms with van der Waals surface area (Å²) >= 11 is 0. The van der Waals surface area contributed by atoms with Crippen molar-refractivity contribution in [3.8, 4) is 0 Å². The third-order valence-electron chi connectivity index (χ3n) is 3.83. The fourth-order valence-corrected chi connectivity index (χ4v) is 2.73. The highest BCUT2D eigenvalue weighted by atomic mass is 16.7. The van der Waals surface area contributed by atoms with Crippen LogP contribution in [0.5, 0.6) is 0 Å². The molecule has 7 nitrogen and oxygen atoms in total. The number of carbonyl (C=O) groups excluding carboxylic acids is 1. The second kappa shape index (κ2) is 5.46. The van der Waals surface area contributed by atoms with Gasteiger partial charge in [0.1, 0.15) is 11.1 Å². The van der Waals surface area contributed by atoms with E-state index in [1.54, 1.807) is 20.8 Å². The maximum Gasteiger partial charge on any atom is 0.408 e. The average Bonchev–Trinajstić information content (AvgIpc) is 2.79. The fourth-order valence-electron chi connectivity index (χ4n) is 2.73. The molecule has 1 aliphatic heterocycles. The summed E-state index contributed by atoms with van der Waals surface area (Å²) < 4.78 is 16.3. The van der Waals surface area contributed by atoms with Gasteiger partial charge in [-0.25, -0.2) is 9.59 Å². The van der Waals surface area contributed by atoms with Crippen molar-refractivity contribution in [3.05, 3.63) is 0 Å². The first-order valence-electron chi connectivity index (χ1n) is 7.19. The molecule has 0 aromatic carbocycles. The van der Waals surface area contributed by atoms with Crippen molar-refractivity contribution in [2.75, 3.05) is 13.2 Å². The van der Waals surface area contributed by atoms with Crippen LogP contribution in [0.25, 0.3) is 0 Å². The number of carbonyl (C=O) groups is 2. The van der Waals surface area contributed by atoms with Gasteiger partial charge in [-0.3, -0.25) is 0 Å². The molecule has 1 spiro atoms. The number of amides is 1. The van der Waals surface area contributed by atoms with Crippen LogP contribution in [0.3, 0.4) is 0 Å². The zero-order valence-electron chi connectivity index (χ0n) is 12.7. The average molecular weight is 301 g/mol. The number of hydrogen-bond acceptors (Lipinski definition) is 5. The van der Waals surface area contributed by atoms with E-state index in [9.17, 15) is 14.7 Å². The summed E-state index contributed by atoms with van der Waals surface area (Å²) in [5.74, 6) is -1.73. The van der Waals surface area contributed by atoms with Gasteiger partial charge < -0.3 is 24.6 Å². The Morgan fingerprint density at radius 2 is 1.62 bits per heavy atom.